The van der Waals surface area contributed by atoms with Gasteiger partial charge in [0, 0.05) is 19.5 Å². The van der Waals surface area contributed by atoms with Gasteiger partial charge >= 0.3 is 0 Å². The second kappa shape index (κ2) is 7.23. The molecule has 1 rings (SSSR count). The average molecular weight is 316 g/mol. The molecule has 0 radical (unpaired) electrons. The van der Waals surface area contributed by atoms with Gasteiger partial charge in [-0.2, -0.15) is 0 Å². The molecule has 0 unspecified atom stereocenters. The zero-order valence-corrected chi connectivity index (χ0v) is 12.1. The molecule has 18 heavy (non-hydrogen) atoms. The minimum Gasteiger partial charge on any atom is -0.496 e. The number of rotatable bonds is 6. The molecule has 0 aliphatic heterocycles. The predicted molar refractivity (Wildman–Crippen MR) is 75.1 cm³/mol. The number of amidine groups is 1. The quantitative estimate of drug-likeness (QED) is 0.365. The molecule has 0 heterocycles. The van der Waals surface area contributed by atoms with Crippen LogP contribution in [-0.2, 0) is 6.54 Å². The van der Waals surface area contributed by atoms with Crippen LogP contribution in [0.4, 0.5) is 0 Å². The van der Waals surface area contributed by atoms with Crippen LogP contribution in [0.5, 0.6) is 5.75 Å². The van der Waals surface area contributed by atoms with Gasteiger partial charge in [-0.3, -0.25) is 0 Å². The third-order valence-electron chi connectivity index (χ3n) is 2.55. The van der Waals surface area contributed by atoms with Crippen molar-refractivity contribution in [3.63, 3.8) is 0 Å². The van der Waals surface area contributed by atoms with Crippen molar-refractivity contribution in [2.75, 3.05) is 20.7 Å². The van der Waals surface area contributed by atoms with Gasteiger partial charge in [0.2, 0.25) is 0 Å². The molecule has 0 aliphatic rings. The van der Waals surface area contributed by atoms with Gasteiger partial charge in [-0.1, -0.05) is 11.2 Å². The molecule has 0 aromatic heterocycles. The van der Waals surface area contributed by atoms with Crippen LogP contribution in [0.15, 0.2) is 27.8 Å². The third-order valence-corrected chi connectivity index (χ3v) is 3.17. The van der Waals surface area contributed by atoms with Gasteiger partial charge in [-0.15, -0.1) is 0 Å². The third kappa shape index (κ3) is 4.54. The number of hydrogen-bond acceptors (Lipinski definition) is 4. The number of hydrogen-bond donors (Lipinski definition) is 2. The van der Waals surface area contributed by atoms with Crippen LogP contribution >= 0.6 is 15.9 Å². The van der Waals surface area contributed by atoms with Crippen LogP contribution in [0.2, 0.25) is 0 Å². The maximum absolute atomic E-state index is 8.46. The van der Waals surface area contributed by atoms with E-state index in [9.17, 15) is 0 Å². The number of halogens is 1. The second-order valence-electron chi connectivity index (χ2n) is 4.05. The molecule has 0 amide bonds. The van der Waals surface area contributed by atoms with Crippen molar-refractivity contribution in [1.29, 1.82) is 0 Å². The Morgan fingerprint density at radius 2 is 2.28 bits per heavy atom. The van der Waals surface area contributed by atoms with Crippen molar-refractivity contribution in [2.45, 2.75) is 13.0 Å². The normalized spacial score (nSPS) is 11.9. The van der Waals surface area contributed by atoms with Gasteiger partial charge in [-0.25, -0.2) is 0 Å². The highest BCUT2D eigenvalue weighted by Gasteiger charge is 2.05. The molecule has 3 N–H and O–H groups in total. The Kier molecular flexibility index (Phi) is 5.94. The molecule has 0 atom stereocenters. The Labute approximate surface area is 115 Å². The monoisotopic (exact) mass is 315 g/mol. The van der Waals surface area contributed by atoms with Crippen molar-refractivity contribution in [3.05, 3.63) is 28.2 Å². The first kappa shape index (κ1) is 14.8. The number of nitrogens with zero attached hydrogens (tertiary/aromatic N) is 2. The van der Waals surface area contributed by atoms with Gasteiger partial charge in [0.25, 0.3) is 0 Å². The molecule has 100 valence electrons. The molecular formula is C12H18BrN3O2. The Balaban J connectivity index is 2.54. The lowest BCUT2D eigenvalue weighted by Crippen LogP contribution is -2.24. The lowest BCUT2D eigenvalue weighted by molar-refractivity contribution is 0.309. The Hall–Kier alpha value is -1.27. The molecular weight excluding hydrogens is 298 g/mol. The van der Waals surface area contributed by atoms with Crippen LogP contribution in [-0.4, -0.2) is 36.6 Å². The van der Waals surface area contributed by atoms with Gasteiger partial charge in [-0.05, 0) is 40.7 Å². The largest absolute Gasteiger partial charge is 0.496 e. The number of oxime groups is 1. The smallest absolute Gasteiger partial charge is 0.140 e. The fourth-order valence-electron chi connectivity index (χ4n) is 1.55. The summed E-state index contributed by atoms with van der Waals surface area (Å²) in [6, 6.07) is 5.97. The van der Waals surface area contributed by atoms with Crippen molar-refractivity contribution in [2.24, 2.45) is 10.9 Å². The minimum absolute atomic E-state index is 0.248. The molecule has 0 saturated heterocycles. The maximum atomic E-state index is 8.46. The summed E-state index contributed by atoms with van der Waals surface area (Å²) in [5, 5.41) is 11.4. The number of benzene rings is 1. The summed E-state index contributed by atoms with van der Waals surface area (Å²) >= 11 is 3.45. The summed E-state index contributed by atoms with van der Waals surface area (Å²) in [6.45, 7) is 1.53. The molecule has 0 bridgehead atoms. The van der Waals surface area contributed by atoms with Gasteiger partial charge < -0.3 is 20.6 Å². The highest BCUT2D eigenvalue weighted by Crippen LogP contribution is 2.25. The molecule has 0 spiro atoms. The highest BCUT2D eigenvalue weighted by atomic mass is 79.9. The Morgan fingerprint density at radius 3 is 2.83 bits per heavy atom. The summed E-state index contributed by atoms with van der Waals surface area (Å²) in [5.41, 5.74) is 6.60. The standard InChI is InChI=1S/C12H18BrN3O2/c1-16(6-5-12(14)15-17)8-9-3-4-11(18-2)10(13)7-9/h3-4,7,17H,5-6,8H2,1-2H3,(H2,14,15). The maximum Gasteiger partial charge on any atom is 0.140 e. The average Bonchev–Trinajstić information content (AvgIpc) is 2.36. The Morgan fingerprint density at radius 1 is 1.56 bits per heavy atom. The molecule has 0 fully saturated rings. The summed E-state index contributed by atoms with van der Waals surface area (Å²) in [5.74, 6) is 1.07. The number of nitrogens with two attached hydrogens (primary N) is 1. The zero-order chi connectivity index (χ0) is 13.5. The minimum atomic E-state index is 0.248. The summed E-state index contributed by atoms with van der Waals surface area (Å²) < 4.78 is 6.12. The van der Waals surface area contributed by atoms with E-state index in [1.807, 2.05) is 25.2 Å². The van der Waals surface area contributed by atoms with E-state index in [4.69, 9.17) is 15.7 Å². The van der Waals surface area contributed by atoms with Gasteiger partial charge in [0.1, 0.15) is 11.6 Å². The first-order valence-electron chi connectivity index (χ1n) is 5.54. The van der Waals surface area contributed by atoms with E-state index in [2.05, 4.69) is 26.0 Å². The summed E-state index contributed by atoms with van der Waals surface area (Å²) in [7, 11) is 3.63. The van der Waals surface area contributed by atoms with Crippen LogP contribution in [0.3, 0.4) is 0 Å². The number of ether oxygens (including phenoxy) is 1. The van der Waals surface area contributed by atoms with E-state index in [1.165, 1.54) is 5.56 Å². The second-order valence-corrected chi connectivity index (χ2v) is 4.90. The molecule has 5 nitrogen and oxygen atoms in total. The summed E-state index contributed by atoms with van der Waals surface area (Å²) in [4.78, 5) is 2.10. The fraction of sp³-hybridized carbons (Fsp3) is 0.417. The van der Waals surface area contributed by atoms with E-state index in [1.54, 1.807) is 7.11 Å². The van der Waals surface area contributed by atoms with Gasteiger partial charge in [0.15, 0.2) is 0 Å². The van der Waals surface area contributed by atoms with Crippen LogP contribution in [0.25, 0.3) is 0 Å². The van der Waals surface area contributed by atoms with Crippen molar-refractivity contribution >= 4 is 21.8 Å². The molecule has 0 aliphatic carbocycles. The fourth-order valence-corrected chi connectivity index (χ4v) is 2.14. The van der Waals surface area contributed by atoms with Crippen LogP contribution in [0.1, 0.15) is 12.0 Å². The first-order valence-corrected chi connectivity index (χ1v) is 6.33. The lowest BCUT2D eigenvalue weighted by Gasteiger charge is -2.16. The van der Waals surface area contributed by atoms with Crippen molar-refractivity contribution in [1.82, 2.24) is 4.90 Å². The van der Waals surface area contributed by atoms with Crippen LogP contribution < -0.4 is 10.5 Å². The van der Waals surface area contributed by atoms with E-state index in [0.717, 1.165) is 23.3 Å². The highest BCUT2D eigenvalue weighted by molar-refractivity contribution is 9.10. The summed E-state index contributed by atoms with van der Waals surface area (Å²) in [6.07, 6.45) is 0.546. The van der Waals surface area contributed by atoms with Gasteiger partial charge in [0.05, 0.1) is 11.6 Å². The van der Waals surface area contributed by atoms with Crippen LogP contribution in [0, 0.1) is 0 Å². The molecule has 1 aromatic rings. The van der Waals surface area contributed by atoms with E-state index >= 15 is 0 Å². The molecule has 0 saturated carbocycles. The van der Waals surface area contributed by atoms with E-state index in [0.29, 0.717) is 6.42 Å². The zero-order valence-electron chi connectivity index (χ0n) is 10.6. The lowest BCUT2D eigenvalue weighted by atomic mass is 10.2. The topological polar surface area (TPSA) is 71.1 Å². The van der Waals surface area contributed by atoms with E-state index < -0.39 is 0 Å². The molecule has 1 aromatic carbocycles. The predicted octanol–water partition coefficient (Wildman–Crippen LogP) is 2.03. The Bertz CT molecular complexity index is 424. The van der Waals surface area contributed by atoms with Crippen molar-refractivity contribution in [3.8, 4) is 5.75 Å². The van der Waals surface area contributed by atoms with Crippen molar-refractivity contribution < 1.29 is 9.94 Å². The first-order chi connectivity index (χ1) is 8.56. The SMILES string of the molecule is COc1ccc(CN(C)CC/C(N)=N/O)cc1Br. The van der Waals surface area contributed by atoms with E-state index in [-0.39, 0.29) is 5.84 Å². The molecule has 6 heteroatoms. The number of methoxy groups -OCH3 is 1.